The molecule has 3 amide bonds. The number of amides is 3. The number of carbonyl (C=O) groups is 2. The van der Waals surface area contributed by atoms with Crippen LogP contribution in [0.4, 0.5) is 10.5 Å². The Morgan fingerprint density at radius 2 is 1.74 bits per heavy atom. The zero-order valence-corrected chi connectivity index (χ0v) is 19.8. The van der Waals surface area contributed by atoms with Gasteiger partial charge in [0, 0.05) is 23.2 Å². The van der Waals surface area contributed by atoms with E-state index in [1.165, 1.54) is 0 Å². The van der Waals surface area contributed by atoms with E-state index in [1.54, 1.807) is 31.3 Å². The van der Waals surface area contributed by atoms with Crippen LogP contribution in [0.5, 0.6) is 11.5 Å². The van der Waals surface area contributed by atoms with E-state index in [0.29, 0.717) is 30.3 Å². The van der Waals surface area contributed by atoms with Crippen LogP contribution in [0.15, 0.2) is 40.9 Å². The fourth-order valence-electron chi connectivity index (χ4n) is 3.66. The second-order valence-electron chi connectivity index (χ2n) is 7.82. The molecular formula is C23H28BrN3O4. The van der Waals surface area contributed by atoms with Crippen molar-refractivity contribution < 1.29 is 19.1 Å². The normalized spacial score (nSPS) is 13.9. The minimum absolute atomic E-state index is 0.0624. The van der Waals surface area contributed by atoms with E-state index < -0.39 is 12.1 Å². The van der Waals surface area contributed by atoms with Crippen molar-refractivity contribution in [3.05, 3.63) is 52.0 Å². The maximum Gasteiger partial charge on any atom is 0.319 e. The first-order valence-corrected chi connectivity index (χ1v) is 11.0. The quantitative estimate of drug-likeness (QED) is 0.637. The molecule has 1 atom stereocenters. The van der Waals surface area contributed by atoms with Crippen molar-refractivity contribution in [1.82, 2.24) is 10.2 Å². The highest BCUT2D eigenvalue weighted by Gasteiger charge is 2.31. The van der Waals surface area contributed by atoms with Crippen LogP contribution >= 0.6 is 15.9 Å². The lowest BCUT2D eigenvalue weighted by atomic mass is 9.96. The van der Waals surface area contributed by atoms with Gasteiger partial charge in [0.1, 0.15) is 6.04 Å². The van der Waals surface area contributed by atoms with Crippen LogP contribution in [0, 0.1) is 5.92 Å². The van der Waals surface area contributed by atoms with Gasteiger partial charge in [0.2, 0.25) is 5.91 Å². The molecular weight excluding hydrogens is 462 g/mol. The van der Waals surface area contributed by atoms with Crippen molar-refractivity contribution in [3.63, 3.8) is 0 Å². The van der Waals surface area contributed by atoms with Crippen LogP contribution < -0.4 is 20.1 Å². The molecule has 2 aromatic rings. The molecule has 0 fully saturated rings. The van der Waals surface area contributed by atoms with Gasteiger partial charge in [0.05, 0.1) is 14.2 Å². The van der Waals surface area contributed by atoms with Gasteiger partial charge >= 0.3 is 6.03 Å². The molecule has 1 aliphatic heterocycles. The standard InChI is InChI=1S/C23H28BrN3O4/c1-14(2)21(26-23(29)25-18-7-5-6-17(24)12-18)22(28)27-9-8-15-10-19(30-3)20(31-4)11-16(15)13-27/h5-7,10-12,14,21H,8-9,13H2,1-4H3,(H2,25,26,29). The predicted molar refractivity (Wildman–Crippen MR) is 124 cm³/mol. The highest BCUT2D eigenvalue weighted by molar-refractivity contribution is 9.10. The smallest absolute Gasteiger partial charge is 0.319 e. The maximum atomic E-state index is 13.3. The minimum atomic E-state index is -0.631. The summed E-state index contributed by atoms with van der Waals surface area (Å²) in [5.41, 5.74) is 2.82. The second-order valence-corrected chi connectivity index (χ2v) is 8.73. The zero-order chi connectivity index (χ0) is 22.5. The van der Waals surface area contributed by atoms with E-state index in [9.17, 15) is 9.59 Å². The number of fused-ring (bicyclic) bond motifs is 1. The number of rotatable bonds is 6. The Labute approximate surface area is 191 Å². The maximum absolute atomic E-state index is 13.3. The third-order valence-corrected chi connectivity index (χ3v) is 5.82. The molecule has 31 heavy (non-hydrogen) atoms. The number of nitrogens with one attached hydrogen (secondary N) is 2. The topological polar surface area (TPSA) is 79.9 Å². The van der Waals surface area contributed by atoms with Gasteiger partial charge in [-0.25, -0.2) is 4.79 Å². The molecule has 0 bridgehead atoms. The number of ether oxygens (including phenoxy) is 2. The molecule has 3 rings (SSSR count). The number of nitrogens with zero attached hydrogens (tertiary/aromatic N) is 1. The summed E-state index contributed by atoms with van der Waals surface area (Å²) < 4.78 is 11.6. The molecule has 0 radical (unpaired) electrons. The lowest BCUT2D eigenvalue weighted by molar-refractivity contribution is -0.135. The van der Waals surface area contributed by atoms with Gasteiger partial charge in [-0.2, -0.15) is 0 Å². The molecule has 0 saturated carbocycles. The summed E-state index contributed by atoms with van der Waals surface area (Å²) in [6, 6.07) is 10.2. The second kappa shape index (κ2) is 10.0. The molecule has 2 aromatic carbocycles. The molecule has 2 N–H and O–H groups in total. The zero-order valence-electron chi connectivity index (χ0n) is 18.2. The van der Waals surface area contributed by atoms with Crippen LogP contribution in [0.25, 0.3) is 0 Å². The van der Waals surface area contributed by atoms with Crippen molar-refractivity contribution in [2.75, 3.05) is 26.1 Å². The monoisotopic (exact) mass is 489 g/mol. The van der Waals surface area contributed by atoms with Crippen LogP contribution in [0.3, 0.4) is 0 Å². The van der Waals surface area contributed by atoms with Gasteiger partial charge in [0.25, 0.3) is 0 Å². The minimum Gasteiger partial charge on any atom is -0.493 e. The number of benzene rings is 2. The summed E-state index contributed by atoms with van der Waals surface area (Å²) in [5.74, 6) is 1.17. The van der Waals surface area contributed by atoms with Crippen molar-refractivity contribution >= 4 is 33.6 Å². The van der Waals surface area contributed by atoms with Crippen molar-refractivity contribution in [3.8, 4) is 11.5 Å². The summed E-state index contributed by atoms with van der Waals surface area (Å²) in [4.78, 5) is 27.6. The first-order valence-electron chi connectivity index (χ1n) is 10.2. The van der Waals surface area contributed by atoms with Gasteiger partial charge in [-0.3, -0.25) is 4.79 Å². The highest BCUT2D eigenvalue weighted by atomic mass is 79.9. The molecule has 0 aromatic heterocycles. The van der Waals surface area contributed by atoms with Gasteiger partial charge in [-0.05, 0) is 53.8 Å². The van der Waals surface area contributed by atoms with Crippen LogP contribution in [0.1, 0.15) is 25.0 Å². The summed E-state index contributed by atoms with van der Waals surface area (Å²) in [6.07, 6.45) is 0.719. The first-order chi connectivity index (χ1) is 14.8. The summed E-state index contributed by atoms with van der Waals surface area (Å²) in [6.45, 7) is 4.90. The fraction of sp³-hybridized carbons (Fsp3) is 0.391. The van der Waals surface area contributed by atoms with E-state index in [0.717, 1.165) is 22.0 Å². The Kier molecular flexibility index (Phi) is 7.43. The fourth-order valence-corrected chi connectivity index (χ4v) is 4.06. The molecule has 1 unspecified atom stereocenters. The number of anilines is 1. The molecule has 0 saturated heterocycles. The number of urea groups is 1. The van der Waals surface area contributed by atoms with E-state index in [2.05, 4.69) is 26.6 Å². The van der Waals surface area contributed by atoms with Crippen molar-refractivity contribution in [1.29, 1.82) is 0 Å². The van der Waals surface area contributed by atoms with E-state index in [1.807, 2.05) is 38.1 Å². The number of carbonyl (C=O) groups excluding carboxylic acids is 2. The molecule has 0 spiro atoms. The average Bonchev–Trinajstić information content (AvgIpc) is 2.75. The highest BCUT2D eigenvalue weighted by Crippen LogP contribution is 2.33. The molecule has 166 valence electrons. The lowest BCUT2D eigenvalue weighted by Gasteiger charge is -2.33. The van der Waals surface area contributed by atoms with Gasteiger partial charge in [-0.1, -0.05) is 35.8 Å². The van der Waals surface area contributed by atoms with Crippen LogP contribution in [0.2, 0.25) is 0 Å². The van der Waals surface area contributed by atoms with Crippen LogP contribution in [-0.4, -0.2) is 43.6 Å². The van der Waals surface area contributed by atoms with Crippen LogP contribution in [-0.2, 0) is 17.8 Å². The number of methoxy groups -OCH3 is 2. The average molecular weight is 490 g/mol. The summed E-state index contributed by atoms with van der Waals surface area (Å²) >= 11 is 3.38. The SMILES string of the molecule is COc1cc2c(cc1OC)CN(C(=O)C(NC(=O)Nc1cccc(Br)c1)C(C)C)CC2. The lowest BCUT2D eigenvalue weighted by Crippen LogP contribution is -2.53. The van der Waals surface area contributed by atoms with E-state index in [4.69, 9.17) is 9.47 Å². The van der Waals surface area contributed by atoms with Gasteiger partial charge in [-0.15, -0.1) is 0 Å². The van der Waals surface area contributed by atoms with Gasteiger partial charge in [0.15, 0.2) is 11.5 Å². The Balaban J connectivity index is 1.71. The summed E-state index contributed by atoms with van der Waals surface area (Å²) in [7, 11) is 3.21. The Morgan fingerprint density at radius 3 is 2.35 bits per heavy atom. The van der Waals surface area contributed by atoms with Gasteiger partial charge < -0.3 is 25.0 Å². The predicted octanol–water partition coefficient (Wildman–Crippen LogP) is 4.20. The van der Waals surface area contributed by atoms with E-state index >= 15 is 0 Å². The number of halogens is 1. The third kappa shape index (κ3) is 5.50. The largest absolute Gasteiger partial charge is 0.493 e. The Morgan fingerprint density at radius 1 is 1.06 bits per heavy atom. The summed E-state index contributed by atoms with van der Waals surface area (Å²) in [5, 5.41) is 5.63. The van der Waals surface area contributed by atoms with E-state index in [-0.39, 0.29) is 11.8 Å². The molecule has 1 aliphatic rings. The first kappa shape index (κ1) is 22.9. The molecule has 8 heteroatoms. The molecule has 1 heterocycles. The number of hydrogen-bond acceptors (Lipinski definition) is 4. The van der Waals surface area contributed by atoms with Crippen molar-refractivity contribution in [2.24, 2.45) is 5.92 Å². The Bertz CT molecular complexity index is 964. The Hall–Kier alpha value is -2.74. The molecule has 7 nitrogen and oxygen atoms in total. The number of hydrogen-bond donors (Lipinski definition) is 2. The molecule has 0 aliphatic carbocycles. The third-order valence-electron chi connectivity index (χ3n) is 5.33. The van der Waals surface area contributed by atoms with Crippen molar-refractivity contribution in [2.45, 2.75) is 32.9 Å².